The van der Waals surface area contributed by atoms with Crippen molar-refractivity contribution in [3.8, 4) is 0 Å². The Morgan fingerprint density at radius 3 is 1.83 bits per heavy atom. The number of ether oxygens (including phenoxy) is 4. The molecule has 0 radical (unpaired) electrons. The van der Waals surface area contributed by atoms with Crippen LogP contribution in [0.4, 0.5) is 0 Å². The van der Waals surface area contributed by atoms with Gasteiger partial charge in [-0.2, -0.15) is 0 Å². The van der Waals surface area contributed by atoms with E-state index in [9.17, 15) is 19.2 Å². The molecule has 0 aromatic heterocycles. The summed E-state index contributed by atoms with van der Waals surface area (Å²) in [6, 6.07) is 0. The van der Waals surface area contributed by atoms with Crippen LogP contribution in [0.2, 0.25) is 0 Å². The van der Waals surface area contributed by atoms with Gasteiger partial charge in [-0.1, -0.05) is 0 Å². The fourth-order valence-electron chi connectivity index (χ4n) is 2.16. The molecule has 1 heterocycles. The number of carbonyl (C=O) groups excluding carboxylic acids is 4. The van der Waals surface area contributed by atoms with Gasteiger partial charge in [-0.25, -0.2) is 0 Å². The Hall–Kier alpha value is -1.77. The molecule has 1 saturated heterocycles. The van der Waals surface area contributed by atoms with E-state index < -0.39 is 47.4 Å². The van der Waals surface area contributed by atoms with Crippen LogP contribution in [-0.4, -0.2) is 59.8 Å². The van der Waals surface area contributed by atoms with E-state index >= 15 is 0 Å². The normalized spacial score (nSPS) is 26.8. The molecule has 9 heteroatoms. The van der Waals surface area contributed by atoms with Gasteiger partial charge in [0, 0.05) is 33.4 Å². The van der Waals surface area contributed by atoms with Crippen LogP contribution in [0.3, 0.4) is 0 Å². The molecule has 1 fully saturated rings. The summed E-state index contributed by atoms with van der Waals surface area (Å²) >= 11 is 1.31. The van der Waals surface area contributed by atoms with Gasteiger partial charge in [0.05, 0.1) is 5.25 Å². The average molecular weight is 348 g/mol. The van der Waals surface area contributed by atoms with Gasteiger partial charge in [0.2, 0.25) is 0 Å². The van der Waals surface area contributed by atoms with Crippen LogP contribution in [0.15, 0.2) is 0 Å². The van der Waals surface area contributed by atoms with Gasteiger partial charge in [-0.3, -0.25) is 19.2 Å². The maximum absolute atomic E-state index is 11.4. The van der Waals surface area contributed by atoms with Crippen LogP contribution in [0.5, 0.6) is 0 Å². The van der Waals surface area contributed by atoms with E-state index in [1.165, 1.54) is 39.5 Å². The molecule has 0 amide bonds. The first-order chi connectivity index (χ1) is 10.7. The number of carbonyl (C=O) groups is 4. The predicted molar refractivity (Wildman–Crippen MR) is 79.5 cm³/mol. The van der Waals surface area contributed by atoms with E-state index in [0.29, 0.717) is 5.75 Å². The topological polar surface area (TPSA) is 105 Å². The maximum Gasteiger partial charge on any atom is 0.303 e. The summed E-state index contributed by atoms with van der Waals surface area (Å²) in [5.74, 6) is -1.86. The molecule has 0 spiro atoms. The van der Waals surface area contributed by atoms with Gasteiger partial charge in [0.1, 0.15) is 6.61 Å². The first-order valence-electron chi connectivity index (χ1n) is 6.97. The third-order valence-electron chi connectivity index (χ3n) is 2.90. The van der Waals surface area contributed by atoms with Gasteiger partial charge in [-0.15, -0.1) is 11.8 Å². The molecule has 8 nitrogen and oxygen atoms in total. The Morgan fingerprint density at radius 2 is 1.35 bits per heavy atom. The lowest BCUT2D eigenvalue weighted by Gasteiger charge is -2.39. The van der Waals surface area contributed by atoms with Crippen molar-refractivity contribution >= 4 is 35.6 Å². The Labute approximate surface area is 138 Å². The van der Waals surface area contributed by atoms with Gasteiger partial charge in [0.15, 0.2) is 18.3 Å². The van der Waals surface area contributed by atoms with Crippen molar-refractivity contribution in [1.29, 1.82) is 0 Å². The Morgan fingerprint density at radius 1 is 0.826 bits per heavy atom. The lowest BCUT2D eigenvalue weighted by atomic mass is 10.0. The van der Waals surface area contributed by atoms with Crippen molar-refractivity contribution in [1.82, 2.24) is 0 Å². The molecule has 0 aromatic rings. The second-order valence-electron chi connectivity index (χ2n) is 4.97. The van der Waals surface area contributed by atoms with Crippen molar-refractivity contribution in [3.63, 3.8) is 0 Å². The van der Waals surface area contributed by atoms with Gasteiger partial charge < -0.3 is 18.9 Å². The summed E-state index contributed by atoms with van der Waals surface area (Å²) < 4.78 is 20.6. The molecule has 130 valence electrons. The summed E-state index contributed by atoms with van der Waals surface area (Å²) in [5.41, 5.74) is 0. The molecule has 1 aliphatic rings. The summed E-state index contributed by atoms with van der Waals surface area (Å²) in [4.78, 5) is 44.9. The second-order valence-corrected chi connectivity index (χ2v) is 6.24. The molecule has 0 saturated carbocycles. The van der Waals surface area contributed by atoms with E-state index in [1.807, 2.05) is 0 Å². The van der Waals surface area contributed by atoms with Crippen LogP contribution in [0.25, 0.3) is 0 Å². The van der Waals surface area contributed by atoms with Crippen LogP contribution in [0.1, 0.15) is 27.7 Å². The zero-order valence-electron chi connectivity index (χ0n) is 13.4. The summed E-state index contributed by atoms with van der Waals surface area (Å²) in [6.07, 6.45) is -2.60. The lowest BCUT2D eigenvalue weighted by Crippen LogP contribution is -2.55. The summed E-state index contributed by atoms with van der Waals surface area (Å²) in [6.45, 7) is 4.91. The van der Waals surface area contributed by atoms with E-state index in [0.717, 1.165) is 0 Å². The van der Waals surface area contributed by atoms with Crippen molar-refractivity contribution in [2.75, 3.05) is 12.4 Å². The van der Waals surface area contributed by atoms with Gasteiger partial charge in [0.25, 0.3) is 0 Å². The second kappa shape index (κ2) is 8.76. The standard InChI is InChI=1S/C14H20O8S/c1-7(15)19-5-12-14(22-10(4)18)13(21-9(3)17)11(6-23-12)20-8(2)16/h11-14H,5-6H2,1-4H3/t11-,12-,13+,14-/m0/s1. The fourth-order valence-corrected chi connectivity index (χ4v) is 3.42. The Kier molecular flexibility index (Phi) is 7.34. The van der Waals surface area contributed by atoms with Crippen molar-refractivity contribution in [2.24, 2.45) is 0 Å². The van der Waals surface area contributed by atoms with Gasteiger partial charge >= 0.3 is 23.9 Å². The maximum atomic E-state index is 11.4. The van der Waals surface area contributed by atoms with Crippen molar-refractivity contribution < 1.29 is 38.1 Å². The van der Waals surface area contributed by atoms with Crippen molar-refractivity contribution in [3.05, 3.63) is 0 Å². The highest BCUT2D eigenvalue weighted by molar-refractivity contribution is 8.00. The summed E-state index contributed by atoms with van der Waals surface area (Å²) in [5, 5.41) is -0.432. The quantitative estimate of drug-likeness (QED) is 0.517. The molecule has 23 heavy (non-hydrogen) atoms. The molecule has 1 rings (SSSR count). The van der Waals surface area contributed by atoms with E-state index in [-0.39, 0.29) is 6.61 Å². The highest BCUT2D eigenvalue weighted by Crippen LogP contribution is 2.32. The zero-order valence-corrected chi connectivity index (χ0v) is 14.2. The molecule has 4 atom stereocenters. The fraction of sp³-hybridized carbons (Fsp3) is 0.714. The number of rotatable bonds is 5. The molecule has 0 unspecified atom stereocenters. The number of hydrogen-bond donors (Lipinski definition) is 0. The highest BCUT2D eigenvalue weighted by atomic mass is 32.2. The first kappa shape index (κ1) is 19.3. The minimum atomic E-state index is -0.956. The first-order valence-corrected chi connectivity index (χ1v) is 8.02. The van der Waals surface area contributed by atoms with Crippen LogP contribution >= 0.6 is 11.8 Å². The summed E-state index contributed by atoms with van der Waals surface area (Å²) in [7, 11) is 0. The molecule has 0 bridgehead atoms. The van der Waals surface area contributed by atoms with E-state index in [1.54, 1.807) is 0 Å². The number of hydrogen-bond acceptors (Lipinski definition) is 9. The molecule has 0 aromatic carbocycles. The largest absolute Gasteiger partial charge is 0.465 e. The highest BCUT2D eigenvalue weighted by Gasteiger charge is 2.46. The average Bonchev–Trinajstić information content (AvgIpc) is 2.39. The van der Waals surface area contributed by atoms with E-state index in [2.05, 4.69) is 0 Å². The minimum Gasteiger partial charge on any atom is -0.465 e. The molecule has 0 aliphatic carbocycles. The Balaban J connectivity index is 2.98. The monoisotopic (exact) mass is 348 g/mol. The van der Waals surface area contributed by atoms with E-state index in [4.69, 9.17) is 18.9 Å². The Bertz CT molecular complexity index is 477. The van der Waals surface area contributed by atoms with Crippen LogP contribution < -0.4 is 0 Å². The van der Waals surface area contributed by atoms with Gasteiger partial charge in [-0.05, 0) is 0 Å². The number of thioether (sulfide) groups is 1. The molecular weight excluding hydrogens is 328 g/mol. The SMILES string of the molecule is CC(=O)OC[C@@H]1SC[C@H](OC(C)=O)[C@@H](OC(C)=O)[C@H]1OC(C)=O. The molecular formula is C14H20O8S. The van der Waals surface area contributed by atoms with Crippen LogP contribution in [0, 0.1) is 0 Å². The molecule has 1 aliphatic heterocycles. The third-order valence-corrected chi connectivity index (χ3v) is 4.26. The minimum absolute atomic E-state index is 0.0114. The van der Waals surface area contributed by atoms with Crippen molar-refractivity contribution in [2.45, 2.75) is 51.3 Å². The number of esters is 4. The predicted octanol–water partition coefficient (Wildman–Crippen LogP) is 0.460. The smallest absolute Gasteiger partial charge is 0.303 e. The molecule has 0 N–H and O–H groups in total. The zero-order chi connectivity index (χ0) is 17.6. The lowest BCUT2D eigenvalue weighted by molar-refractivity contribution is -0.183. The third kappa shape index (κ3) is 6.47. The van der Waals surface area contributed by atoms with Crippen LogP contribution in [-0.2, 0) is 38.1 Å².